The lowest BCUT2D eigenvalue weighted by atomic mass is 9.96. The van der Waals surface area contributed by atoms with Gasteiger partial charge in [-0.2, -0.15) is 0 Å². The molecule has 8 heteroatoms. The molecule has 2 aliphatic rings. The molecule has 33 heavy (non-hydrogen) atoms. The van der Waals surface area contributed by atoms with Gasteiger partial charge in [0.05, 0.1) is 20.3 Å². The van der Waals surface area contributed by atoms with E-state index in [1.807, 2.05) is 13.8 Å². The van der Waals surface area contributed by atoms with Crippen molar-refractivity contribution in [1.82, 2.24) is 9.62 Å². The molecule has 0 aliphatic carbocycles. The normalized spacial score (nSPS) is 18.1. The maximum absolute atomic E-state index is 13.3. The Kier molecular flexibility index (Phi) is 7.28. The summed E-state index contributed by atoms with van der Waals surface area (Å²) in [6, 6.07) is 9.98. The van der Waals surface area contributed by atoms with Gasteiger partial charge in [0.25, 0.3) is 0 Å². The number of nitrogens with one attached hydrogen (secondary N) is 1. The predicted octanol–water partition coefficient (Wildman–Crippen LogP) is 3.05. The molecule has 1 atom stereocenters. The van der Waals surface area contributed by atoms with Crippen molar-refractivity contribution in [2.45, 2.75) is 37.6 Å². The van der Waals surface area contributed by atoms with Gasteiger partial charge in [0, 0.05) is 45.0 Å². The molecule has 4 rings (SSSR count). The number of aryl methyl sites for hydroxylation is 3. The minimum Gasteiger partial charge on any atom is -0.495 e. The SMILES string of the molecule is COc1cc(C)c(C)cc1S(=O)(=O)NC[C@@H](c1ccc2c(c1)CCCN2C)N1CCOCC1. The monoisotopic (exact) mass is 473 g/mol. The average molecular weight is 474 g/mol. The van der Waals surface area contributed by atoms with E-state index < -0.39 is 10.0 Å². The van der Waals surface area contributed by atoms with Crippen LogP contribution < -0.4 is 14.4 Å². The molecule has 180 valence electrons. The molecule has 1 fully saturated rings. The van der Waals surface area contributed by atoms with Crippen LogP contribution in [0.2, 0.25) is 0 Å². The van der Waals surface area contributed by atoms with Crippen molar-refractivity contribution in [3.63, 3.8) is 0 Å². The number of methoxy groups -OCH3 is 1. The Hall–Kier alpha value is -2.13. The van der Waals surface area contributed by atoms with Crippen LogP contribution >= 0.6 is 0 Å². The highest BCUT2D eigenvalue weighted by molar-refractivity contribution is 7.89. The van der Waals surface area contributed by atoms with Crippen LogP contribution in [0.3, 0.4) is 0 Å². The highest BCUT2D eigenvalue weighted by atomic mass is 32.2. The summed E-state index contributed by atoms with van der Waals surface area (Å²) in [4.78, 5) is 4.79. The van der Waals surface area contributed by atoms with Crippen molar-refractivity contribution in [2.24, 2.45) is 0 Å². The zero-order valence-electron chi connectivity index (χ0n) is 20.1. The van der Waals surface area contributed by atoms with Gasteiger partial charge in [-0.1, -0.05) is 12.1 Å². The molecule has 2 aromatic rings. The predicted molar refractivity (Wildman–Crippen MR) is 131 cm³/mol. The molecule has 0 bridgehead atoms. The number of hydrogen-bond acceptors (Lipinski definition) is 6. The molecule has 2 aromatic carbocycles. The summed E-state index contributed by atoms with van der Waals surface area (Å²) in [7, 11) is -0.120. The average Bonchev–Trinajstić information content (AvgIpc) is 2.81. The second kappa shape index (κ2) is 10.0. The third-order valence-electron chi connectivity index (χ3n) is 6.86. The fraction of sp³-hybridized carbons (Fsp3) is 0.520. The van der Waals surface area contributed by atoms with Crippen molar-refractivity contribution in [3.8, 4) is 5.75 Å². The van der Waals surface area contributed by atoms with Crippen molar-refractivity contribution in [3.05, 3.63) is 52.6 Å². The lowest BCUT2D eigenvalue weighted by molar-refractivity contribution is 0.0172. The molecular weight excluding hydrogens is 438 g/mol. The van der Waals surface area contributed by atoms with E-state index in [9.17, 15) is 8.42 Å². The number of morpholine rings is 1. The molecule has 0 radical (unpaired) electrons. The lowest BCUT2D eigenvalue weighted by Crippen LogP contribution is -2.44. The lowest BCUT2D eigenvalue weighted by Gasteiger charge is -2.36. The van der Waals surface area contributed by atoms with E-state index in [0.717, 1.165) is 49.2 Å². The van der Waals surface area contributed by atoms with Gasteiger partial charge >= 0.3 is 0 Å². The summed E-state index contributed by atoms with van der Waals surface area (Å²) in [5.41, 5.74) is 5.65. The maximum atomic E-state index is 13.3. The van der Waals surface area contributed by atoms with Gasteiger partial charge in [0.15, 0.2) is 0 Å². The number of sulfonamides is 1. The number of ether oxygens (including phenoxy) is 2. The molecule has 2 aliphatic heterocycles. The molecule has 0 saturated carbocycles. The Bertz CT molecular complexity index is 1100. The number of fused-ring (bicyclic) bond motifs is 1. The first kappa shape index (κ1) is 24.0. The van der Waals surface area contributed by atoms with Crippen molar-refractivity contribution >= 4 is 15.7 Å². The summed E-state index contributed by atoms with van der Waals surface area (Å²) in [6.45, 7) is 8.07. The number of nitrogens with zero attached hydrogens (tertiary/aromatic N) is 2. The summed E-state index contributed by atoms with van der Waals surface area (Å²) >= 11 is 0. The first-order valence-electron chi connectivity index (χ1n) is 11.6. The number of benzene rings is 2. The molecule has 0 spiro atoms. The van der Waals surface area contributed by atoms with E-state index in [2.05, 4.69) is 39.8 Å². The second-order valence-electron chi connectivity index (χ2n) is 9.02. The summed E-state index contributed by atoms with van der Waals surface area (Å²) in [5.74, 6) is 0.366. The standard InChI is InChI=1S/C25H35N3O4S/c1-18-14-24(31-4)25(15-19(18)2)33(29,30)26-17-23(28-10-12-32-13-11-28)21-7-8-22-20(16-21)6-5-9-27(22)3/h7-8,14-16,23,26H,5-6,9-13,17H2,1-4H3/t23-/m0/s1. The number of hydrogen-bond donors (Lipinski definition) is 1. The number of rotatable bonds is 7. The van der Waals surface area contributed by atoms with E-state index >= 15 is 0 Å². The largest absolute Gasteiger partial charge is 0.495 e. The quantitative estimate of drug-likeness (QED) is 0.667. The minimum absolute atomic E-state index is 0.0706. The molecule has 1 saturated heterocycles. The van der Waals surface area contributed by atoms with Crippen molar-refractivity contribution in [2.75, 3.05) is 58.5 Å². The van der Waals surface area contributed by atoms with Gasteiger partial charge in [-0.15, -0.1) is 0 Å². The first-order valence-corrected chi connectivity index (χ1v) is 13.1. The molecular formula is C25H35N3O4S. The van der Waals surface area contributed by atoms with E-state index in [1.54, 1.807) is 12.1 Å². The summed E-state index contributed by atoms with van der Waals surface area (Å²) in [6.07, 6.45) is 2.18. The zero-order chi connectivity index (χ0) is 23.6. The van der Waals surface area contributed by atoms with E-state index in [4.69, 9.17) is 9.47 Å². The van der Waals surface area contributed by atoms with Gasteiger partial charge in [0.1, 0.15) is 10.6 Å². The zero-order valence-corrected chi connectivity index (χ0v) is 20.9. The maximum Gasteiger partial charge on any atom is 0.244 e. The van der Waals surface area contributed by atoms with Gasteiger partial charge in [-0.05, 0) is 67.1 Å². The third kappa shape index (κ3) is 5.19. The van der Waals surface area contributed by atoms with Crippen molar-refractivity contribution < 1.29 is 17.9 Å². The molecule has 0 amide bonds. The van der Waals surface area contributed by atoms with Crippen LogP contribution in [0.4, 0.5) is 5.69 Å². The van der Waals surface area contributed by atoms with Crippen molar-refractivity contribution in [1.29, 1.82) is 0 Å². The Balaban J connectivity index is 1.62. The molecule has 0 aromatic heterocycles. The summed E-state index contributed by atoms with van der Waals surface area (Å²) < 4.78 is 40.5. The molecule has 0 unspecified atom stereocenters. The van der Waals surface area contributed by atoms with Gasteiger partial charge < -0.3 is 14.4 Å². The minimum atomic E-state index is -3.75. The van der Waals surface area contributed by atoms with Crippen LogP contribution in [0.15, 0.2) is 35.2 Å². The Morgan fingerprint density at radius 1 is 1.09 bits per heavy atom. The van der Waals surface area contributed by atoms with Crippen LogP contribution in [0, 0.1) is 13.8 Å². The fourth-order valence-electron chi connectivity index (χ4n) is 4.76. The van der Waals surface area contributed by atoms with Crippen LogP contribution in [-0.4, -0.2) is 66.9 Å². The Morgan fingerprint density at radius 3 is 2.55 bits per heavy atom. The highest BCUT2D eigenvalue weighted by Crippen LogP contribution is 2.32. The molecule has 1 N–H and O–H groups in total. The van der Waals surface area contributed by atoms with Gasteiger partial charge in [-0.25, -0.2) is 13.1 Å². The second-order valence-corrected chi connectivity index (χ2v) is 10.8. The van der Waals surface area contributed by atoms with Crippen LogP contribution in [0.1, 0.15) is 34.7 Å². The van der Waals surface area contributed by atoms with Crippen LogP contribution in [-0.2, 0) is 21.2 Å². The van der Waals surface area contributed by atoms with E-state index in [1.165, 1.54) is 18.4 Å². The highest BCUT2D eigenvalue weighted by Gasteiger charge is 2.28. The van der Waals surface area contributed by atoms with Gasteiger partial charge in [0.2, 0.25) is 10.0 Å². The van der Waals surface area contributed by atoms with Crippen LogP contribution in [0.25, 0.3) is 0 Å². The fourth-order valence-corrected chi connectivity index (χ4v) is 6.03. The van der Waals surface area contributed by atoms with E-state index in [-0.39, 0.29) is 17.5 Å². The Labute approximate surface area is 197 Å². The van der Waals surface area contributed by atoms with E-state index in [0.29, 0.717) is 19.0 Å². The molecule has 2 heterocycles. The molecule has 7 nitrogen and oxygen atoms in total. The van der Waals surface area contributed by atoms with Crippen LogP contribution in [0.5, 0.6) is 5.75 Å². The summed E-state index contributed by atoms with van der Waals surface area (Å²) in [5, 5.41) is 0. The first-order chi connectivity index (χ1) is 15.8. The van der Waals surface area contributed by atoms with Gasteiger partial charge in [-0.3, -0.25) is 4.90 Å². The smallest absolute Gasteiger partial charge is 0.244 e. The third-order valence-corrected chi connectivity index (χ3v) is 8.31. The number of anilines is 1. The Morgan fingerprint density at radius 2 is 1.82 bits per heavy atom. The topological polar surface area (TPSA) is 71.1 Å².